The molecule has 0 aromatic heterocycles. The summed E-state index contributed by atoms with van der Waals surface area (Å²) in [6.07, 6.45) is 0.0999. The number of amides is 1. The Morgan fingerprint density at radius 3 is 2.34 bits per heavy atom. The fraction of sp³-hybridized carbons (Fsp3) is 0.423. The van der Waals surface area contributed by atoms with Gasteiger partial charge in [-0.3, -0.25) is 14.6 Å². The van der Waals surface area contributed by atoms with Crippen LogP contribution in [0.3, 0.4) is 0 Å². The quantitative estimate of drug-likeness (QED) is 0.696. The summed E-state index contributed by atoms with van der Waals surface area (Å²) >= 11 is 0. The van der Waals surface area contributed by atoms with E-state index in [1.165, 1.54) is 12.1 Å². The molecule has 1 atom stereocenters. The van der Waals surface area contributed by atoms with Crippen LogP contribution in [0.2, 0.25) is 0 Å². The van der Waals surface area contributed by atoms with Gasteiger partial charge in [-0.05, 0) is 47.5 Å². The molecule has 5 rings (SSSR count). The Bertz CT molecular complexity index is 1070. The lowest BCUT2D eigenvalue weighted by atomic mass is 10.0. The van der Waals surface area contributed by atoms with Gasteiger partial charge in [-0.2, -0.15) is 13.2 Å². The minimum atomic E-state index is -4.32. The molecular weight excluding hydrogens is 455 g/mol. The summed E-state index contributed by atoms with van der Waals surface area (Å²) in [5, 5.41) is 6.94. The minimum absolute atomic E-state index is 0.0135. The average molecular weight is 486 g/mol. The van der Waals surface area contributed by atoms with E-state index in [0.717, 1.165) is 55.1 Å². The Morgan fingerprint density at radius 2 is 1.66 bits per heavy atom. The van der Waals surface area contributed by atoms with E-state index in [1.807, 2.05) is 23.1 Å². The highest BCUT2D eigenvalue weighted by Crippen LogP contribution is 2.29. The first-order chi connectivity index (χ1) is 16.9. The number of halogens is 3. The Balaban J connectivity index is 1.15. The molecule has 2 aromatic carbocycles. The Kier molecular flexibility index (Phi) is 6.82. The smallest absolute Gasteiger partial charge is 0.366 e. The van der Waals surface area contributed by atoms with Crippen LogP contribution in [0.15, 0.2) is 48.5 Å². The Hall–Kier alpha value is -2.88. The van der Waals surface area contributed by atoms with E-state index in [0.29, 0.717) is 38.3 Å². The van der Waals surface area contributed by atoms with Crippen molar-refractivity contribution >= 4 is 17.7 Å². The molecule has 1 amide bonds. The van der Waals surface area contributed by atoms with E-state index in [2.05, 4.69) is 32.6 Å². The third kappa shape index (κ3) is 5.52. The van der Waals surface area contributed by atoms with Gasteiger partial charge in [0.25, 0.3) is 5.91 Å². The number of carbonyl (C=O) groups excluding carboxylic acids is 1. The highest BCUT2D eigenvalue weighted by Gasteiger charge is 2.30. The van der Waals surface area contributed by atoms with Gasteiger partial charge in [0.2, 0.25) is 0 Å². The summed E-state index contributed by atoms with van der Waals surface area (Å²) in [6.45, 7) is 7.11. The molecule has 1 unspecified atom stereocenters. The molecule has 0 radical (unpaired) electrons. The number of rotatable bonds is 4. The second kappa shape index (κ2) is 10.0. The Labute approximate surface area is 203 Å². The van der Waals surface area contributed by atoms with E-state index >= 15 is 0 Å². The van der Waals surface area contributed by atoms with Gasteiger partial charge in [-0.15, -0.1) is 0 Å². The maximum Gasteiger partial charge on any atom is 0.416 e. The highest BCUT2D eigenvalue weighted by atomic mass is 19.4. The molecular formula is C26H30F3N5O. The summed E-state index contributed by atoms with van der Waals surface area (Å²) in [4.78, 5) is 19.6. The number of benzene rings is 2. The molecule has 0 bridgehead atoms. The van der Waals surface area contributed by atoms with Crippen LogP contribution in [-0.2, 0) is 12.7 Å². The number of nitrogens with one attached hydrogen (secondary N) is 2. The minimum Gasteiger partial charge on any atom is -0.366 e. The van der Waals surface area contributed by atoms with Gasteiger partial charge in [-0.1, -0.05) is 18.2 Å². The standard InChI is InChI=1S/C26H30F3N5O/c27-26(28,29)22-5-1-19(2-6-22)18-32-13-15-34(16-14-32)25(35)21-3-7-23-20(17-21)4-8-24(31-23)33-11-9-30-10-12-33/h1-8,17,24,30-31H,9-16,18H2. The van der Waals surface area contributed by atoms with E-state index < -0.39 is 11.7 Å². The normalized spacial score (nSPS) is 21.5. The molecule has 2 aromatic rings. The lowest BCUT2D eigenvalue weighted by Crippen LogP contribution is -2.50. The van der Waals surface area contributed by atoms with Gasteiger partial charge >= 0.3 is 6.18 Å². The number of carbonyl (C=O) groups is 1. The van der Waals surface area contributed by atoms with Crippen LogP contribution in [-0.4, -0.2) is 79.1 Å². The van der Waals surface area contributed by atoms with Crippen molar-refractivity contribution in [2.75, 3.05) is 57.7 Å². The predicted molar refractivity (Wildman–Crippen MR) is 130 cm³/mol. The molecule has 186 valence electrons. The van der Waals surface area contributed by atoms with Gasteiger partial charge in [0.15, 0.2) is 0 Å². The van der Waals surface area contributed by atoms with Crippen LogP contribution < -0.4 is 10.6 Å². The van der Waals surface area contributed by atoms with Crippen LogP contribution in [0, 0.1) is 0 Å². The zero-order valence-electron chi connectivity index (χ0n) is 19.5. The molecule has 2 fully saturated rings. The van der Waals surface area contributed by atoms with Crippen molar-refractivity contribution < 1.29 is 18.0 Å². The fourth-order valence-corrected chi connectivity index (χ4v) is 4.89. The number of nitrogens with zero attached hydrogens (tertiary/aromatic N) is 3. The third-order valence-corrected chi connectivity index (χ3v) is 6.95. The Morgan fingerprint density at radius 1 is 0.943 bits per heavy atom. The maximum absolute atomic E-state index is 13.1. The van der Waals surface area contributed by atoms with Crippen LogP contribution in [0.4, 0.5) is 18.9 Å². The number of alkyl halides is 3. The lowest BCUT2D eigenvalue weighted by molar-refractivity contribution is -0.137. The second-order valence-electron chi connectivity index (χ2n) is 9.30. The molecule has 35 heavy (non-hydrogen) atoms. The van der Waals surface area contributed by atoms with Crippen molar-refractivity contribution in [3.05, 3.63) is 70.8 Å². The zero-order chi connectivity index (χ0) is 24.4. The van der Waals surface area contributed by atoms with Gasteiger partial charge in [0, 0.05) is 70.2 Å². The fourth-order valence-electron chi connectivity index (χ4n) is 4.89. The van der Waals surface area contributed by atoms with Gasteiger partial charge < -0.3 is 15.5 Å². The second-order valence-corrected chi connectivity index (χ2v) is 9.30. The van der Waals surface area contributed by atoms with Crippen molar-refractivity contribution in [2.45, 2.75) is 18.9 Å². The van der Waals surface area contributed by atoms with Crippen LogP contribution in [0.1, 0.15) is 27.0 Å². The van der Waals surface area contributed by atoms with Crippen LogP contribution in [0.5, 0.6) is 0 Å². The van der Waals surface area contributed by atoms with Crippen molar-refractivity contribution in [1.29, 1.82) is 0 Å². The molecule has 2 saturated heterocycles. The van der Waals surface area contributed by atoms with Crippen LogP contribution in [0.25, 0.3) is 6.08 Å². The number of anilines is 1. The summed E-state index contributed by atoms with van der Waals surface area (Å²) < 4.78 is 38.3. The monoisotopic (exact) mass is 485 g/mol. The first-order valence-corrected chi connectivity index (χ1v) is 12.1. The summed E-state index contributed by atoms with van der Waals surface area (Å²) in [7, 11) is 0. The molecule has 0 saturated carbocycles. The number of fused-ring (bicyclic) bond motifs is 1. The van der Waals surface area contributed by atoms with Crippen molar-refractivity contribution in [3.8, 4) is 0 Å². The number of hydrogen-bond acceptors (Lipinski definition) is 5. The summed E-state index contributed by atoms with van der Waals surface area (Å²) in [5.74, 6) is 0.0135. The lowest BCUT2D eigenvalue weighted by Gasteiger charge is -2.36. The molecule has 0 spiro atoms. The first-order valence-electron chi connectivity index (χ1n) is 12.1. The van der Waals surface area contributed by atoms with E-state index in [9.17, 15) is 18.0 Å². The van der Waals surface area contributed by atoms with E-state index in [4.69, 9.17) is 0 Å². The number of piperazine rings is 2. The first kappa shape index (κ1) is 23.8. The molecule has 3 heterocycles. The number of hydrogen-bond donors (Lipinski definition) is 2. The molecule has 2 N–H and O–H groups in total. The summed E-state index contributed by atoms with van der Waals surface area (Å²) in [6, 6.07) is 11.1. The predicted octanol–water partition coefficient (Wildman–Crippen LogP) is 3.33. The highest BCUT2D eigenvalue weighted by molar-refractivity contribution is 5.96. The summed E-state index contributed by atoms with van der Waals surface area (Å²) in [5.41, 5.74) is 2.93. The van der Waals surface area contributed by atoms with Gasteiger partial charge in [-0.25, -0.2) is 0 Å². The topological polar surface area (TPSA) is 50.9 Å². The molecule has 3 aliphatic heterocycles. The van der Waals surface area contributed by atoms with E-state index in [1.54, 1.807) is 0 Å². The van der Waals surface area contributed by atoms with Gasteiger partial charge in [0.05, 0.1) is 11.7 Å². The molecule has 9 heteroatoms. The third-order valence-electron chi connectivity index (χ3n) is 6.95. The maximum atomic E-state index is 13.1. The molecule has 6 nitrogen and oxygen atoms in total. The van der Waals surface area contributed by atoms with Gasteiger partial charge in [0.1, 0.15) is 0 Å². The largest absolute Gasteiger partial charge is 0.416 e. The molecule has 3 aliphatic rings. The average Bonchev–Trinajstić information content (AvgIpc) is 2.88. The van der Waals surface area contributed by atoms with Crippen molar-refractivity contribution in [3.63, 3.8) is 0 Å². The van der Waals surface area contributed by atoms with Crippen LogP contribution >= 0.6 is 0 Å². The van der Waals surface area contributed by atoms with Crippen molar-refractivity contribution in [1.82, 2.24) is 20.0 Å². The van der Waals surface area contributed by atoms with E-state index in [-0.39, 0.29) is 12.1 Å². The molecule has 0 aliphatic carbocycles. The zero-order valence-corrected chi connectivity index (χ0v) is 19.5. The van der Waals surface area contributed by atoms with Crippen molar-refractivity contribution in [2.24, 2.45) is 0 Å². The SMILES string of the molecule is O=C(c1ccc2c(c1)C=CC(N1CCNCC1)N2)N1CCN(Cc2ccc(C(F)(F)F)cc2)CC1.